The summed E-state index contributed by atoms with van der Waals surface area (Å²) < 4.78 is 52.8. The van der Waals surface area contributed by atoms with Gasteiger partial charge in [-0.25, -0.2) is 9.13 Å². The van der Waals surface area contributed by atoms with E-state index in [1.165, 1.54) is 19.8 Å². The first-order valence-corrected chi connectivity index (χ1v) is 18.0. The maximum atomic E-state index is 14.3. The van der Waals surface area contributed by atoms with E-state index in [1.807, 2.05) is 31.2 Å². The second-order valence-electron chi connectivity index (χ2n) is 11.2. The van der Waals surface area contributed by atoms with Gasteiger partial charge in [0.25, 0.3) is 0 Å². The van der Waals surface area contributed by atoms with Crippen LogP contribution in [0.25, 0.3) is 0 Å². The molecule has 43 heavy (non-hydrogen) atoms. The molecule has 4 unspecified atom stereocenters. The molecule has 3 aromatic rings. The van der Waals surface area contributed by atoms with E-state index in [4.69, 9.17) is 18.1 Å². The van der Waals surface area contributed by atoms with E-state index < -0.39 is 15.2 Å². The van der Waals surface area contributed by atoms with E-state index in [-0.39, 0.29) is 11.8 Å². The van der Waals surface area contributed by atoms with Gasteiger partial charge in [0, 0.05) is 25.7 Å². The molecule has 0 spiro atoms. The van der Waals surface area contributed by atoms with E-state index in [0.29, 0.717) is 27.7 Å². The molecule has 0 radical (unpaired) electrons. The molecule has 0 heterocycles. The topological polar surface area (TPSA) is 71.1 Å². The lowest BCUT2D eigenvalue weighted by molar-refractivity contribution is 0.324. The van der Waals surface area contributed by atoms with Crippen LogP contribution in [0, 0.1) is 5.92 Å². The molecule has 0 fully saturated rings. The molecular formula is C35H44O6P2. The normalized spacial score (nSPS) is 19.5. The number of aryl methyl sites for hydroxylation is 1. The summed E-state index contributed by atoms with van der Waals surface area (Å²) in [5, 5.41) is 0.891. The van der Waals surface area contributed by atoms with Crippen molar-refractivity contribution in [1.29, 1.82) is 0 Å². The fraction of sp³-hybridized carbons (Fsp3) is 0.371. The summed E-state index contributed by atoms with van der Waals surface area (Å²) in [6.07, 6.45) is 7.85. The highest BCUT2D eigenvalue weighted by Gasteiger charge is 2.37. The zero-order valence-corrected chi connectivity index (χ0v) is 27.7. The monoisotopic (exact) mass is 622 g/mol. The van der Waals surface area contributed by atoms with E-state index in [0.717, 1.165) is 49.7 Å². The number of hydrogen-bond acceptors (Lipinski definition) is 6. The fourth-order valence-corrected chi connectivity index (χ4v) is 8.31. The number of allylic oxidation sites excluding steroid dienone is 3. The number of benzene rings is 3. The first-order valence-electron chi connectivity index (χ1n) is 15.0. The van der Waals surface area contributed by atoms with Crippen LogP contribution in [0.3, 0.4) is 0 Å². The fourth-order valence-electron chi connectivity index (χ4n) is 5.64. The summed E-state index contributed by atoms with van der Waals surface area (Å²) in [5.41, 5.74) is 3.83. The van der Waals surface area contributed by atoms with Crippen molar-refractivity contribution in [3.05, 3.63) is 108 Å². The average Bonchev–Trinajstić information content (AvgIpc) is 3.01. The Kier molecular flexibility index (Phi) is 11.3. The summed E-state index contributed by atoms with van der Waals surface area (Å²) >= 11 is 0. The van der Waals surface area contributed by atoms with Gasteiger partial charge >= 0.3 is 15.2 Å². The van der Waals surface area contributed by atoms with Crippen LogP contribution in [0.4, 0.5) is 0 Å². The van der Waals surface area contributed by atoms with Crippen LogP contribution in [-0.2, 0) is 24.6 Å². The minimum atomic E-state index is -3.80. The predicted octanol–water partition coefficient (Wildman–Crippen LogP) is 9.52. The molecule has 0 N–H and O–H groups in total. The third-order valence-corrected chi connectivity index (χ3v) is 11.7. The van der Waals surface area contributed by atoms with Gasteiger partial charge in [0.1, 0.15) is 11.5 Å². The molecule has 230 valence electrons. The van der Waals surface area contributed by atoms with E-state index in [1.54, 1.807) is 48.5 Å². The van der Waals surface area contributed by atoms with Crippen LogP contribution in [-0.4, -0.2) is 14.2 Å². The van der Waals surface area contributed by atoms with Gasteiger partial charge in [-0.2, -0.15) is 0 Å². The predicted molar refractivity (Wildman–Crippen MR) is 176 cm³/mol. The van der Waals surface area contributed by atoms with Crippen LogP contribution in [0.2, 0.25) is 0 Å². The van der Waals surface area contributed by atoms with Crippen molar-refractivity contribution in [2.24, 2.45) is 5.92 Å². The van der Waals surface area contributed by atoms with Gasteiger partial charge in [-0.15, -0.1) is 0 Å². The molecule has 0 bridgehead atoms. The largest absolute Gasteiger partial charge is 0.421 e. The van der Waals surface area contributed by atoms with Crippen LogP contribution in [0.1, 0.15) is 69.9 Å². The van der Waals surface area contributed by atoms with Crippen molar-refractivity contribution in [3.8, 4) is 11.5 Å². The van der Waals surface area contributed by atoms with Crippen molar-refractivity contribution in [2.45, 2.75) is 65.2 Å². The summed E-state index contributed by atoms with van der Waals surface area (Å²) in [6.45, 7) is 10.6. The number of hydrogen-bond donors (Lipinski definition) is 0. The SMILES string of the molecule is C=C(C)C1CCC(C)=CC1c1c(OP(=O)(OC)c2ccccc2)cc(CCCCC)cc1OP(=O)(OC)c1ccccc1. The molecule has 0 aromatic heterocycles. The van der Waals surface area contributed by atoms with Gasteiger partial charge in [-0.1, -0.05) is 80.0 Å². The van der Waals surface area contributed by atoms with Crippen LogP contribution in [0.5, 0.6) is 11.5 Å². The van der Waals surface area contributed by atoms with Gasteiger partial charge < -0.3 is 9.05 Å². The molecule has 4 rings (SSSR count). The molecule has 0 amide bonds. The lowest BCUT2D eigenvalue weighted by Gasteiger charge is -2.34. The van der Waals surface area contributed by atoms with Crippen molar-refractivity contribution in [3.63, 3.8) is 0 Å². The van der Waals surface area contributed by atoms with Gasteiger partial charge in [-0.05, 0) is 87.4 Å². The maximum Gasteiger partial charge on any atom is 0.410 e. The Labute approximate surface area is 257 Å². The van der Waals surface area contributed by atoms with Gasteiger partial charge in [-0.3, -0.25) is 9.05 Å². The highest BCUT2D eigenvalue weighted by Crippen LogP contribution is 2.56. The lowest BCUT2D eigenvalue weighted by Crippen LogP contribution is -2.20. The third kappa shape index (κ3) is 7.80. The van der Waals surface area contributed by atoms with Crippen LogP contribution in [0.15, 0.2) is 96.6 Å². The molecule has 1 aliphatic rings. The number of unbranched alkanes of at least 4 members (excludes halogenated alkanes) is 2. The van der Waals surface area contributed by atoms with E-state index in [9.17, 15) is 9.13 Å². The van der Waals surface area contributed by atoms with E-state index in [2.05, 4.69) is 26.5 Å². The summed E-state index contributed by atoms with van der Waals surface area (Å²) in [6, 6.07) is 21.8. The standard InChI is InChI=1S/C35H44O6P2/c1-7-8-11-16-28-24-33(40-42(36,38-5)29-17-12-9-13-18-29)35(32-23-27(4)21-22-31(32)26(2)3)34(25-28)41-43(37,39-6)30-19-14-10-15-20-30/h9-10,12-15,17-20,23-25,31-32H,2,7-8,11,16,21-22H2,1,3-6H3. The van der Waals surface area contributed by atoms with Crippen molar-refractivity contribution < 1.29 is 27.2 Å². The first-order chi connectivity index (χ1) is 20.6. The summed E-state index contributed by atoms with van der Waals surface area (Å²) in [4.78, 5) is 0. The Morgan fingerprint density at radius 1 is 0.860 bits per heavy atom. The molecule has 0 saturated heterocycles. The molecular weight excluding hydrogens is 578 g/mol. The Bertz CT molecular complexity index is 1430. The zero-order chi connectivity index (χ0) is 31.0. The lowest BCUT2D eigenvalue weighted by atomic mass is 9.73. The summed E-state index contributed by atoms with van der Waals surface area (Å²) in [5.74, 6) is 0.617. The molecule has 0 aliphatic heterocycles. The molecule has 0 saturated carbocycles. The minimum absolute atomic E-state index is 0.0663. The first kappa shape index (κ1) is 33.0. The van der Waals surface area contributed by atoms with Crippen LogP contribution >= 0.6 is 15.2 Å². The van der Waals surface area contributed by atoms with Gasteiger partial charge in [0.05, 0.1) is 10.6 Å². The van der Waals surface area contributed by atoms with Crippen molar-refractivity contribution in [1.82, 2.24) is 0 Å². The minimum Gasteiger partial charge on any atom is -0.421 e. The van der Waals surface area contributed by atoms with Gasteiger partial charge in [0.2, 0.25) is 0 Å². The Balaban J connectivity index is 1.98. The Morgan fingerprint density at radius 3 is 1.81 bits per heavy atom. The highest BCUT2D eigenvalue weighted by atomic mass is 31.2. The molecule has 4 atom stereocenters. The Morgan fingerprint density at radius 2 is 1.37 bits per heavy atom. The smallest absolute Gasteiger partial charge is 0.410 e. The maximum absolute atomic E-state index is 14.3. The summed E-state index contributed by atoms with van der Waals surface area (Å²) in [7, 11) is -4.81. The highest BCUT2D eigenvalue weighted by molar-refractivity contribution is 7.62. The molecule has 1 aliphatic carbocycles. The Hall–Kier alpha value is -2.88. The van der Waals surface area contributed by atoms with Gasteiger partial charge in [0.15, 0.2) is 0 Å². The molecule has 6 nitrogen and oxygen atoms in total. The number of rotatable bonds is 14. The van der Waals surface area contributed by atoms with E-state index >= 15 is 0 Å². The van der Waals surface area contributed by atoms with Crippen molar-refractivity contribution >= 4 is 25.8 Å². The zero-order valence-electron chi connectivity index (χ0n) is 26.0. The second-order valence-corrected chi connectivity index (χ2v) is 15.3. The van der Waals surface area contributed by atoms with Crippen LogP contribution < -0.4 is 19.7 Å². The molecule has 3 aromatic carbocycles. The quantitative estimate of drug-likeness (QED) is 0.101. The third-order valence-electron chi connectivity index (χ3n) is 8.01. The second kappa shape index (κ2) is 14.7. The average molecular weight is 623 g/mol. The molecule has 8 heteroatoms. The van der Waals surface area contributed by atoms with Crippen molar-refractivity contribution in [2.75, 3.05) is 14.2 Å².